The largest absolute Gasteiger partial charge is 0.301 e. The van der Waals surface area contributed by atoms with Crippen molar-refractivity contribution >= 4 is 12.2 Å². The molecule has 2 aromatic rings. The highest BCUT2D eigenvalue weighted by Gasteiger charge is 2.31. The Morgan fingerprint density at radius 2 is 1.71 bits per heavy atom. The average Bonchev–Trinajstić information content (AvgIpc) is 3.42. The summed E-state index contributed by atoms with van der Waals surface area (Å²) in [5, 5.41) is 4.90. The highest BCUT2D eigenvalue weighted by atomic mass is 32.1. The summed E-state index contributed by atoms with van der Waals surface area (Å²) in [7, 11) is 0. The van der Waals surface area contributed by atoms with E-state index in [4.69, 9.17) is 17.3 Å². The van der Waals surface area contributed by atoms with Crippen molar-refractivity contribution < 1.29 is 0 Å². The number of piperazine rings is 1. The summed E-state index contributed by atoms with van der Waals surface area (Å²) in [5.41, 5.74) is 1.13. The Bertz CT molecular complexity index is 739. The van der Waals surface area contributed by atoms with Crippen LogP contribution in [0.3, 0.4) is 0 Å². The van der Waals surface area contributed by atoms with Crippen LogP contribution in [0.1, 0.15) is 31.5 Å². The van der Waals surface area contributed by atoms with E-state index in [9.17, 15) is 0 Å². The third-order valence-corrected chi connectivity index (χ3v) is 5.46. The Balaban J connectivity index is 1.60. The van der Waals surface area contributed by atoms with E-state index in [0.29, 0.717) is 5.92 Å². The van der Waals surface area contributed by atoms with Crippen LogP contribution >= 0.6 is 12.2 Å². The molecule has 0 spiro atoms. The van der Waals surface area contributed by atoms with E-state index in [1.807, 2.05) is 10.7 Å². The van der Waals surface area contributed by atoms with Crippen molar-refractivity contribution in [2.24, 2.45) is 0 Å². The molecule has 2 aliphatic rings. The Morgan fingerprint density at radius 1 is 1.04 bits per heavy atom. The summed E-state index contributed by atoms with van der Waals surface area (Å²) in [4.78, 5) is 4.95. The molecule has 1 aromatic heterocycles. The summed E-state index contributed by atoms with van der Waals surface area (Å²) in [6.45, 7) is 8.63. The molecule has 128 valence electrons. The van der Waals surface area contributed by atoms with Gasteiger partial charge in [0.25, 0.3) is 0 Å². The summed E-state index contributed by atoms with van der Waals surface area (Å²) in [5.74, 6) is 1.71. The number of nitrogens with zero attached hydrogens (tertiary/aromatic N) is 5. The topological polar surface area (TPSA) is 29.2 Å². The summed E-state index contributed by atoms with van der Waals surface area (Å²) < 4.78 is 5.02. The van der Waals surface area contributed by atoms with Gasteiger partial charge < -0.3 is 4.90 Å². The predicted molar refractivity (Wildman–Crippen MR) is 98.1 cm³/mol. The van der Waals surface area contributed by atoms with Crippen LogP contribution in [0.5, 0.6) is 0 Å². The quantitative estimate of drug-likeness (QED) is 0.781. The molecule has 4 rings (SSSR count). The second-order valence-electron chi connectivity index (χ2n) is 6.78. The monoisotopic (exact) mass is 343 g/mol. The van der Waals surface area contributed by atoms with Crippen LogP contribution < -0.4 is 0 Å². The summed E-state index contributed by atoms with van der Waals surface area (Å²) in [6.07, 6.45) is 2.46. The summed E-state index contributed by atoms with van der Waals surface area (Å²) in [6, 6.07) is 10.4. The number of hydrogen-bond donors (Lipinski definition) is 0. The van der Waals surface area contributed by atoms with Crippen LogP contribution in [0.15, 0.2) is 30.3 Å². The third kappa shape index (κ3) is 3.18. The molecule has 0 N–H and O–H groups in total. The molecule has 0 unspecified atom stereocenters. The molecule has 0 atom stereocenters. The molecule has 1 saturated carbocycles. The van der Waals surface area contributed by atoms with Crippen molar-refractivity contribution in [2.45, 2.75) is 32.4 Å². The fraction of sp³-hybridized carbons (Fsp3) is 0.556. The van der Waals surface area contributed by atoms with Crippen molar-refractivity contribution in [3.63, 3.8) is 0 Å². The molecule has 1 aromatic carbocycles. The summed E-state index contributed by atoms with van der Waals surface area (Å²) >= 11 is 5.78. The SMILES string of the molecule is CCN1CCN(Cn2nc(C3CC3)n(-c3ccccc3)c2=S)CC1. The van der Waals surface area contributed by atoms with Crippen molar-refractivity contribution in [3.05, 3.63) is 40.9 Å². The van der Waals surface area contributed by atoms with Gasteiger partial charge in [-0.1, -0.05) is 25.1 Å². The zero-order valence-corrected chi connectivity index (χ0v) is 15.1. The molecular weight excluding hydrogens is 318 g/mol. The number of aromatic nitrogens is 3. The maximum atomic E-state index is 5.78. The van der Waals surface area contributed by atoms with Crippen LogP contribution in [0.2, 0.25) is 0 Å². The van der Waals surface area contributed by atoms with Gasteiger partial charge in [0.15, 0.2) is 0 Å². The molecule has 1 aliphatic heterocycles. The standard InChI is InChI=1S/C18H25N5S/c1-2-20-10-12-21(13-11-20)14-22-18(24)23(16-6-4-3-5-7-16)17(19-22)15-8-9-15/h3-7,15H,2,8-14H2,1H3. The number of rotatable bonds is 5. The van der Waals surface area contributed by atoms with Crippen molar-refractivity contribution in [3.8, 4) is 5.69 Å². The fourth-order valence-corrected chi connectivity index (χ4v) is 3.68. The second-order valence-corrected chi connectivity index (χ2v) is 7.14. The van der Waals surface area contributed by atoms with Gasteiger partial charge in [-0.3, -0.25) is 9.47 Å². The number of benzene rings is 1. The Kier molecular flexibility index (Phi) is 4.52. The van der Waals surface area contributed by atoms with Crippen LogP contribution in [-0.4, -0.2) is 56.9 Å². The Hall–Kier alpha value is -1.50. The average molecular weight is 344 g/mol. The fourth-order valence-electron chi connectivity index (χ4n) is 3.38. The first-order chi connectivity index (χ1) is 11.8. The van der Waals surface area contributed by atoms with E-state index >= 15 is 0 Å². The minimum atomic E-state index is 0.574. The highest BCUT2D eigenvalue weighted by molar-refractivity contribution is 7.71. The molecule has 2 heterocycles. The first-order valence-corrected chi connectivity index (χ1v) is 9.37. The smallest absolute Gasteiger partial charge is 0.203 e. The molecule has 2 fully saturated rings. The molecule has 0 amide bonds. The van der Waals surface area contributed by atoms with Gasteiger partial charge >= 0.3 is 0 Å². The van der Waals surface area contributed by atoms with E-state index in [2.05, 4.69) is 45.6 Å². The van der Waals surface area contributed by atoms with Gasteiger partial charge in [-0.15, -0.1) is 0 Å². The minimum Gasteiger partial charge on any atom is -0.301 e. The van der Waals surface area contributed by atoms with E-state index in [-0.39, 0.29) is 0 Å². The van der Waals surface area contributed by atoms with Crippen LogP contribution in [0, 0.1) is 4.77 Å². The maximum absolute atomic E-state index is 5.78. The zero-order valence-electron chi connectivity index (χ0n) is 14.3. The minimum absolute atomic E-state index is 0.574. The normalized spacial score (nSPS) is 19.7. The van der Waals surface area contributed by atoms with Crippen molar-refractivity contribution in [1.82, 2.24) is 24.1 Å². The lowest BCUT2D eigenvalue weighted by Crippen LogP contribution is -2.46. The van der Waals surface area contributed by atoms with Crippen molar-refractivity contribution in [1.29, 1.82) is 0 Å². The van der Waals surface area contributed by atoms with E-state index in [1.165, 1.54) is 12.8 Å². The molecular formula is C18H25N5S. The molecule has 24 heavy (non-hydrogen) atoms. The number of hydrogen-bond acceptors (Lipinski definition) is 4. The van der Waals surface area contributed by atoms with Crippen molar-refractivity contribution in [2.75, 3.05) is 32.7 Å². The van der Waals surface area contributed by atoms with Gasteiger partial charge in [0.1, 0.15) is 5.82 Å². The second kappa shape index (κ2) is 6.78. The van der Waals surface area contributed by atoms with E-state index in [0.717, 1.165) is 55.7 Å². The Morgan fingerprint density at radius 3 is 2.33 bits per heavy atom. The molecule has 6 heteroatoms. The lowest BCUT2D eigenvalue weighted by Gasteiger charge is -2.33. The maximum Gasteiger partial charge on any atom is 0.203 e. The van der Waals surface area contributed by atoms with E-state index in [1.54, 1.807) is 0 Å². The lowest BCUT2D eigenvalue weighted by molar-refractivity contribution is 0.106. The van der Waals surface area contributed by atoms with Gasteiger partial charge in [0, 0.05) is 37.8 Å². The Labute approximate surface area is 148 Å². The lowest BCUT2D eigenvalue weighted by atomic mass is 10.3. The third-order valence-electron chi connectivity index (χ3n) is 5.07. The highest BCUT2D eigenvalue weighted by Crippen LogP contribution is 2.40. The predicted octanol–water partition coefficient (Wildman–Crippen LogP) is 2.88. The van der Waals surface area contributed by atoms with E-state index < -0.39 is 0 Å². The molecule has 0 bridgehead atoms. The van der Waals surface area contributed by atoms with Gasteiger partial charge in [0.2, 0.25) is 4.77 Å². The van der Waals surface area contributed by atoms with Crippen LogP contribution in [0.4, 0.5) is 0 Å². The number of likely N-dealkylation sites (N-methyl/N-ethyl adjacent to an activating group) is 1. The van der Waals surface area contributed by atoms with Gasteiger partial charge in [-0.05, 0) is 43.7 Å². The molecule has 1 saturated heterocycles. The van der Waals surface area contributed by atoms with Gasteiger partial charge in [-0.2, -0.15) is 5.10 Å². The van der Waals surface area contributed by atoms with Gasteiger partial charge in [0.05, 0.1) is 6.67 Å². The zero-order chi connectivity index (χ0) is 16.5. The molecule has 1 aliphatic carbocycles. The number of para-hydroxylation sites is 1. The van der Waals surface area contributed by atoms with Crippen LogP contribution in [0.25, 0.3) is 5.69 Å². The molecule has 0 radical (unpaired) electrons. The van der Waals surface area contributed by atoms with Gasteiger partial charge in [-0.25, -0.2) is 4.68 Å². The van der Waals surface area contributed by atoms with Crippen LogP contribution in [-0.2, 0) is 6.67 Å². The first kappa shape index (κ1) is 16.0. The molecule has 5 nitrogen and oxygen atoms in total. The first-order valence-electron chi connectivity index (χ1n) is 8.96.